The second-order valence-corrected chi connectivity index (χ2v) is 6.73. The molecular weight excluding hydrogens is 354 g/mol. The number of para-hydroxylation sites is 4. The summed E-state index contributed by atoms with van der Waals surface area (Å²) >= 11 is 0. The molecule has 0 unspecified atom stereocenters. The molecule has 1 aliphatic rings. The van der Waals surface area contributed by atoms with E-state index in [0.29, 0.717) is 25.4 Å². The first kappa shape index (κ1) is 18.2. The maximum atomic E-state index is 12.8. The van der Waals surface area contributed by atoms with Crippen LogP contribution in [0, 0.1) is 0 Å². The van der Waals surface area contributed by atoms with Gasteiger partial charge in [-0.1, -0.05) is 24.3 Å². The van der Waals surface area contributed by atoms with Crippen molar-refractivity contribution in [1.29, 1.82) is 0 Å². The smallest absolute Gasteiger partial charge is 0.274 e. The number of hydrogen-bond donors (Lipinski definition) is 0. The summed E-state index contributed by atoms with van der Waals surface area (Å²) in [6, 6.07) is 15.3. The highest BCUT2D eigenvalue weighted by Crippen LogP contribution is 2.29. The zero-order valence-electron chi connectivity index (χ0n) is 15.9. The van der Waals surface area contributed by atoms with Crippen molar-refractivity contribution in [3.8, 4) is 11.5 Å². The molecule has 2 heterocycles. The highest BCUT2D eigenvalue weighted by Gasteiger charge is 2.26. The first-order valence-electron chi connectivity index (χ1n) is 9.64. The van der Waals surface area contributed by atoms with Gasteiger partial charge in [-0.25, -0.2) is 4.98 Å². The van der Waals surface area contributed by atoms with E-state index in [0.717, 1.165) is 35.4 Å². The Morgan fingerprint density at radius 3 is 2.46 bits per heavy atom. The standard InChI is InChI=1S/C22H23N3O3/c1-2-27-20-9-5-6-10-21(20)28-16-11-13-25(14-12-16)22(26)19-15-23-17-7-3-4-8-18(17)24-19/h3-10,15-16H,2,11-14H2,1H3. The van der Waals surface area contributed by atoms with E-state index in [9.17, 15) is 4.79 Å². The fourth-order valence-electron chi connectivity index (χ4n) is 3.40. The minimum Gasteiger partial charge on any atom is -0.490 e. The Kier molecular flexibility index (Phi) is 5.37. The topological polar surface area (TPSA) is 64.6 Å². The van der Waals surface area contributed by atoms with Crippen molar-refractivity contribution in [2.24, 2.45) is 0 Å². The number of likely N-dealkylation sites (tertiary alicyclic amines) is 1. The van der Waals surface area contributed by atoms with E-state index in [-0.39, 0.29) is 12.0 Å². The molecule has 2 aromatic carbocycles. The van der Waals surface area contributed by atoms with Gasteiger partial charge in [-0.15, -0.1) is 0 Å². The van der Waals surface area contributed by atoms with Crippen molar-refractivity contribution >= 4 is 16.9 Å². The van der Waals surface area contributed by atoms with Crippen molar-refractivity contribution in [1.82, 2.24) is 14.9 Å². The third kappa shape index (κ3) is 3.91. The number of amides is 1. The molecule has 1 aliphatic heterocycles. The minimum absolute atomic E-state index is 0.0633. The number of carbonyl (C=O) groups is 1. The average molecular weight is 377 g/mol. The molecule has 1 fully saturated rings. The minimum atomic E-state index is -0.0774. The Morgan fingerprint density at radius 1 is 1.04 bits per heavy atom. The predicted octanol–water partition coefficient (Wildman–Crippen LogP) is 3.71. The third-order valence-electron chi connectivity index (χ3n) is 4.84. The summed E-state index contributed by atoms with van der Waals surface area (Å²) in [6.45, 7) is 3.82. The van der Waals surface area contributed by atoms with Crippen LogP contribution >= 0.6 is 0 Å². The zero-order valence-corrected chi connectivity index (χ0v) is 15.9. The number of nitrogens with zero attached hydrogens (tertiary/aromatic N) is 3. The lowest BCUT2D eigenvalue weighted by molar-refractivity contribution is 0.0584. The normalized spacial score (nSPS) is 14.8. The van der Waals surface area contributed by atoms with Gasteiger partial charge >= 0.3 is 0 Å². The van der Waals surface area contributed by atoms with Crippen LogP contribution in [0.1, 0.15) is 30.3 Å². The Hall–Kier alpha value is -3.15. The summed E-state index contributed by atoms with van der Waals surface area (Å²) in [4.78, 5) is 23.5. The summed E-state index contributed by atoms with van der Waals surface area (Å²) in [5.74, 6) is 1.44. The van der Waals surface area contributed by atoms with Gasteiger partial charge in [0.15, 0.2) is 11.5 Å². The molecule has 1 aromatic heterocycles. The molecule has 0 saturated carbocycles. The number of ether oxygens (including phenoxy) is 2. The number of piperidine rings is 1. The Morgan fingerprint density at radius 2 is 1.71 bits per heavy atom. The number of hydrogen-bond acceptors (Lipinski definition) is 5. The second kappa shape index (κ2) is 8.25. The summed E-state index contributed by atoms with van der Waals surface area (Å²) < 4.78 is 11.8. The molecule has 3 aromatic rings. The summed E-state index contributed by atoms with van der Waals surface area (Å²) in [5, 5.41) is 0. The number of benzene rings is 2. The summed E-state index contributed by atoms with van der Waals surface area (Å²) in [6.07, 6.45) is 3.17. The molecule has 0 aliphatic carbocycles. The zero-order chi connectivity index (χ0) is 19.3. The number of aromatic nitrogens is 2. The second-order valence-electron chi connectivity index (χ2n) is 6.73. The van der Waals surface area contributed by atoms with Crippen LogP contribution in [0.5, 0.6) is 11.5 Å². The van der Waals surface area contributed by atoms with Crippen LogP contribution in [0.2, 0.25) is 0 Å². The lowest BCUT2D eigenvalue weighted by Crippen LogP contribution is -2.42. The van der Waals surface area contributed by atoms with Gasteiger partial charge in [0.05, 0.1) is 23.8 Å². The lowest BCUT2D eigenvalue weighted by Gasteiger charge is -2.32. The van der Waals surface area contributed by atoms with Crippen LogP contribution in [0.4, 0.5) is 0 Å². The molecule has 0 atom stereocenters. The van der Waals surface area contributed by atoms with E-state index in [1.807, 2.05) is 60.4 Å². The fourth-order valence-corrected chi connectivity index (χ4v) is 3.40. The van der Waals surface area contributed by atoms with Gasteiger partial charge in [0.2, 0.25) is 0 Å². The maximum absolute atomic E-state index is 12.8. The highest BCUT2D eigenvalue weighted by atomic mass is 16.5. The fraction of sp³-hybridized carbons (Fsp3) is 0.318. The van der Waals surface area contributed by atoms with E-state index in [1.54, 1.807) is 6.20 Å². The van der Waals surface area contributed by atoms with Crippen LogP contribution < -0.4 is 9.47 Å². The van der Waals surface area contributed by atoms with Gasteiger partial charge in [0.25, 0.3) is 5.91 Å². The van der Waals surface area contributed by atoms with Gasteiger partial charge in [0, 0.05) is 25.9 Å². The predicted molar refractivity (Wildman–Crippen MR) is 107 cm³/mol. The molecule has 4 rings (SSSR count). The van der Waals surface area contributed by atoms with Crippen LogP contribution in [0.3, 0.4) is 0 Å². The Bertz CT molecular complexity index is 968. The first-order valence-corrected chi connectivity index (χ1v) is 9.64. The SMILES string of the molecule is CCOc1ccccc1OC1CCN(C(=O)c2cnc3ccccc3n2)CC1. The summed E-state index contributed by atoms with van der Waals surface area (Å²) in [5.41, 5.74) is 1.91. The molecular formula is C22H23N3O3. The quantitative estimate of drug-likeness (QED) is 0.678. The average Bonchev–Trinajstić information content (AvgIpc) is 2.75. The third-order valence-corrected chi connectivity index (χ3v) is 4.84. The van der Waals surface area contributed by atoms with E-state index >= 15 is 0 Å². The Balaban J connectivity index is 1.39. The Labute approximate surface area is 164 Å². The molecule has 6 nitrogen and oxygen atoms in total. The van der Waals surface area contributed by atoms with Crippen molar-refractivity contribution < 1.29 is 14.3 Å². The lowest BCUT2D eigenvalue weighted by atomic mass is 10.1. The van der Waals surface area contributed by atoms with Crippen molar-refractivity contribution in [3.63, 3.8) is 0 Å². The molecule has 0 bridgehead atoms. The molecule has 144 valence electrons. The van der Waals surface area contributed by atoms with Crippen LogP contribution in [-0.2, 0) is 0 Å². The van der Waals surface area contributed by atoms with Crippen LogP contribution in [0.15, 0.2) is 54.7 Å². The number of rotatable bonds is 5. The highest BCUT2D eigenvalue weighted by molar-refractivity contribution is 5.93. The first-order chi connectivity index (χ1) is 13.7. The van der Waals surface area contributed by atoms with Crippen molar-refractivity contribution in [2.45, 2.75) is 25.9 Å². The van der Waals surface area contributed by atoms with Gasteiger partial charge in [-0.2, -0.15) is 0 Å². The van der Waals surface area contributed by atoms with Crippen molar-refractivity contribution in [2.75, 3.05) is 19.7 Å². The number of fused-ring (bicyclic) bond motifs is 1. The van der Waals surface area contributed by atoms with E-state index in [4.69, 9.17) is 9.47 Å². The molecule has 6 heteroatoms. The molecule has 28 heavy (non-hydrogen) atoms. The van der Waals surface area contributed by atoms with E-state index in [2.05, 4.69) is 9.97 Å². The van der Waals surface area contributed by atoms with Crippen LogP contribution in [-0.4, -0.2) is 46.6 Å². The summed E-state index contributed by atoms with van der Waals surface area (Å²) in [7, 11) is 0. The van der Waals surface area contributed by atoms with Crippen molar-refractivity contribution in [3.05, 3.63) is 60.4 Å². The molecule has 0 N–H and O–H groups in total. The number of carbonyl (C=O) groups excluding carboxylic acids is 1. The molecule has 1 amide bonds. The largest absolute Gasteiger partial charge is 0.490 e. The maximum Gasteiger partial charge on any atom is 0.274 e. The molecule has 1 saturated heterocycles. The van der Waals surface area contributed by atoms with Crippen LogP contribution in [0.25, 0.3) is 11.0 Å². The van der Waals surface area contributed by atoms with Gasteiger partial charge in [-0.05, 0) is 31.2 Å². The van der Waals surface area contributed by atoms with E-state index in [1.165, 1.54) is 0 Å². The van der Waals surface area contributed by atoms with E-state index < -0.39 is 0 Å². The molecule has 0 radical (unpaired) electrons. The van der Waals surface area contributed by atoms with Gasteiger partial charge < -0.3 is 14.4 Å². The monoisotopic (exact) mass is 377 g/mol. The molecule has 0 spiro atoms. The van der Waals surface area contributed by atoms with Gasteiger partial charge in [0.1, 0.15) is 11.8 Å². The van der Waals surface area contributed by atoms with Gasteiger partial charge in [-0.3, -0.25) is 9.78 Å².